The number of nitrogens with zero attached hydrogens (tertiary/aromatic N) is 1. The van der Waals surface area contributed by atoms with Gasteiger partial charge >= 0.3 is 0 Å². The molecule has 2 heterocycles. The maximum absolute atomic E-state index is 5.55. The van der Waals surface area contributed by atoms with Crippen LogP contribution in [0, 0.1) is 0 Å². The summed E-state index contributed by atoms with van der Waals surface area (Å²) >= 11 is 0. The van der Waals surface area contributed by atoms with E-state index in [2.05, 4.69) is 11.1 Å². The molecule has 0 amide bonds. The standard InChI is InChI=1S/C10H12N2O/c11-9-1-2-10(12-7-9)8-3-5-13-6-4-8/h1-3,7H,4-6,11H2. The first-order chi connectivity index (χ1) is 6.36. The van der Waals surface area contributed by atoms with E-state index >= 15 is 0 Å². The van der Waals surface area contributed by atoms with Crippen molar-refractivity contribution in [3.8, 4) is 0 Å². The van der Waals surface area contributed by atoms with Gasteiger partial charge in [0.05, 0.1) is 30.8 Å². The van der Waals surface area contributed by atoms with Crippen LogP contribution in [-0.4, -0.2) is 18.2 Å². The number of pyridine rings is 1. The zero-order chi connectivity index (χ0) is 9.10. The van der Waals surface area contributed by atoms with Crippen molar-refractivity contribution in [2.24, 2.45) is 0 Å². The van der Waals surface area contributed by atoms with Crippen LogP contribution in [0.25, 0.3) is 5.57 Å². The summed E-state index contributed by atoms with van der Waals surface area (Å²) < 4.78 is 5.22. The van der Waals surface area contributed by atoms with Crippen LogP contribution in [-0.2, 0) is 4.74 Å². The fourth-order valence-electron chi connectivity index (χ4n) is 1.35. The number of hydrogen-bond acceptors (Lipinski definition) is 3. The minimum absolute atomic E-state index is 0.696. The minimum Gasteiger partial charge on any atom is -0.397 e. The van der Waals surface area contributed by atoms with Crippen molar-refractivity contribution in [3.05, 3.63) is 30.1 Å². The van der Waals surface area contributed by atoms with Crippen LogP contribution in [0.1, 0.15) is 12.1 Å². The predicted molar refractivity (Wildman–Crippen MR) is 52.1 cm³/mol. The summed E-state index contributed by atoms with van der Waals surface area (Å²) in [5, 5.41) is 0. The molecule has 1 aromatic heterocycles. The second-order valence-electron chi connectivity index (χ2n) is 3.03. The van der Waals surface area contributed by atoms with Gasteiger partial charge in [0.15, 0.2) is 0 Å². The Morgan fingerprint density at radius 1 is 1.38 bits per heavy atom. The van der Waals surface area contributed by atoms with Gasteiger partial charge in [-0.05, 0) is 24.1 Å². The molecule has 1 aliphatic heterocycles. The molecule has 0 radical (unpaired) electrons. The van der Waals surface area contributed by atoms with Crippen molar-refractivity contribution < 1.29 is 4.74 Å². The van der Waals surface area contributed by atoms with Gasteiger partial charge in [-0.25, -0.2) is 0 Å². The van der Waals surface area contributed by atoms with Crippen LogP contribution in [0.15, 0.2) is 24.4 Å². The molecule has 0 bridgehead atoms. The Morgan fingerprint density at radius 3 is 2.92 bits per heavy atom. The quantitative estimate of drug-likeness (QED) is 0.704. The molecule has 1 aromatic rings. The Kier molecular flexibility index (Phi) is 2.27. The average molecular weight is 176 g/mol. The number of rotatable bonds is 1. The lowest BCUT2D eigenvalue weighted by Gasteiger charge is -2.12. The van der Waals surface area contributed by atoms with Crippen LogP contribution < -0.4 is 5.73 Å². The Hall–Kier alpha value is -1.35. The number of nitrogen functional groups attached to an aromatic ring is 1. The van der Waals surface area contributed by atoms with Gasteiger partial charge in [-0.1, -0.05) is 6.08 Å². The number of aromatic nitrogens is 1. The summed E-state index contributed by atoms with van der Waals surface area (Å²) in [6.45, 7) is 1.49. The zero-order valence-corrected chi connectivity index (χ0v) is 7.36. The van der Waals surface area contributed by atoms with Crippen molar-refractivity contribution in [1.29, 1.82) is 0 Å². The maximum Gasteiger partial charge on any atom is 0.0661 e. The first-order valence-corrected chi connectivity index (χ1v) is 4.35. The van der Waals surface area contributed by atoms with Crippen molar-refractivity contribution in [2.45, 2.75) is 6.42 Å². The SMILES string of the molecule is Nc1ccc(C2=CCOCC2)nc1. The lowest BCUT2D eigenvalue weighted by molar-refractivity contribution is 0.161. The highest BCUT2D eigenvalue weighted by atomic mass is 16.5. The zero-order valence-electron chi connectivity index (χ0n) is 7.36. The van der Waals surface area contributed by atoms with E-state index in [4.69, 9.17) is 10.5 Å². The highest BCUT2D eigenvalue weighted by Gasteiger charge is 2.06. The van der Waals surface area contributed by atoms with Crippen molar-refractivity contribution in [3.63, 3.8) is 0 Å². The van der Waals surface area contributed by atoms with E-state index in [0.29, 0.717) is 12.3 Å². The summed E-state index contributed by atoms with van der Waals surface area (Å²) in [5.74, 6) is 0. The summed E-state index contributed by atoms with van der Waals surface area (Å²) in [6, 6.07) is 3.82. The van der Waals surface area contributed by atoms with E-state index in [1.807, 2.05) is 12.1 Å². The van der Waals surface area contributed by atoms with E-state index < -0.39 is 0 Å². The summed E-state index contributed by atoms with van der Waals surface area (Å²) in [7, 11) is 0. The highest BCUT2D eigenvalue weighted by Crippen LogP contribution is 2.19. The van der Waals surface area contributed by atoms with Crippen LogP contribution in [0.3, 0.4) is 0 Å². The predicted octanol–water partition coefficient (Wildman–Crippen LogP) is 1.47. The molecule has 68 valence electrons. The molecule has 0 spiro atoms. The molecule has 0 saturated carbocycles. The molecule has 0 atom stereocenters. The number of hydrogen-bond donors (Lipinski definition) is 1. The lowest BCUT2D eigenvalue weighted by Crippen LogP contribution is -2.04. The van der Waals surface area contributed by atoms with Crippen LogP contribution in [0.5, 0.6) is 0 Å². The molecule has 0 fully saturated rings. The molecule has 3 heteroatoms. The molecule has 2 N–H and O–H groups in total. The molecular weight excluding hydrogens is 164 g/mol. The summed E-state index contributed by atoms with van der Waals surface area (Å²) in [6.07, 6.45) is 4.70. The van der Waals surface area contributed by atoms with E-state index in [-0.39, 0.29) is 0 Å². The molecule has 0 aromatic carbocycles. The first kappa shape index (κ1) is 8.26. The molecule has 1 aliphatic rings. The van der Waals surface area contributed by atoms with Crippen molar-refractivity contribution in [2.75, 3.05) is 18.9 Å². The van der Waals surface area contributed by atoms with Crippen LogP contribution in [0.4, 0.5) is 5.69 Å². The third-order valence-electron chi connectivity index (χ3n) is 2.08. The Bertz CT molecular complexity index is 316. The van der Waals surface area contributed by atoms with Crippen molar-refractivity contribution in [1.82, 2.24) is 4.98 Å². The second-order valence-corrected chi connectivity index (χ2v) is 3.03. The Morgan fingerprint density at radius 2 is 2.31 bits per heavy atom. The molecular formula is C10H12N2O. The van der Waals surface area contributed by atoms with Gasteiger partial charge in [0.25, 0.3) is 0 Å². The van der Waals surface area contributed by atoms with Crippen LogP contribution in [0.2, 0.25) is 0 Å². The molecule has 3 nitrogen and oxygen atoms in total. The number of ether oxygens (including phenoxy) is 1. The summed E-state index contributed by atoms with van der Waals surface area (Å²) in [4.78, 5) is 4.25. The topological polar surface area (TPSA) is 48.1 Å². The van der Waals surface area contributed by atoms with Gasteiger partial charge in [0.2, 0.25) is 0 Å². The molecule has 0 saturated heterocycles. The fraction of sp³-hybridized carbons (Fsp3) is 0.300. The van der Waals surface area contributed by atoms with E-state index in [0.717, 1.165) is 18.7 Å². The monoisotopic (exact) mass is 176 g/mol. The van der Waals surface area contributed by atoms with Gasteiger partial charge in [-0.2, -0.15) is 0 Å². The molecule has 2 rings (SSSR count). The van der Waals surface area contributed by atoms with Gasteiger partial charge in [-0.15, -0.1) is 0 Å². The third-order valence-corrected chi connectivity index (χ3v) is 2.08. The van der Waals surface area contributed by atoms with Crippen LogP contribution >= 0.6 is 0 Å². The van der Waals surface area contributed by atoms with Gasteiger partial charge in [-0.3, -0.25) is 4.98 Å². The van der Waals surface area contributed by atoms with E-state index in [9.17, 15) is 0 Å². The normalized spacial score (nSPS) is 16.8. The first-order valence-electron chi connectivity index (χ1n) is 4.35. The largest absolute Gasteiger partial charge is 0.397 e. The highest BCUT2D eigenvalue weighted by molar-refractivity contribution is 5.64. The fourth-order valence-corrected chi connectivity index (χ4v) is 1.35. The van der Waals surface area contributed by atoms with E-state index in [1.54, 1.807) is 6.20 Å². The van der Waals surface area contributed by atoms with Gasteiger partial charge < -0.3 is 10.5 Å². The average Bonchev–Trinajstić information content (AvgIpc) is 2.20. The third kappa shape index (κ3) is 1.87. The molecule has 0 aliphatic carbocycles. The molecule has 0 unspecified atom stereocenters. The number of anilines is 1. The Balaban J connectivity index is 2.24. The second kappa shape index (κ2) is 3.58. The number of nitrogens with two attached hydrogens (primary N) is 1. The minimum atomic E-state index is 0.696. The van der Waals surface area contributed by atoms with Gasteiger partial charge in [0.1, 0.15) is 0 Å². The van der Waals surface area contributed by atoms with Crippen molar-refractivity contribution >= 4 is 11.3 Å². The van der Waals surface area contributed by atoms with Gasteiger partial charge in [0, 0.05) is 0 Å². The van der Waals surface area contributed by atoms with E-state index in [1.165, 1.54) is 5.57 Å². The smallest absolute Gasteiger partial charge is 0.0661 e. The molecule has 13 heavy (non-hydrogen) atoms. The lowest BCUT2D eigenvalue weighted by atomic mass is 10.1. The maximum atomic E-state index is 5.55. The summed E-state index contributed by atoms with van der Waals surface area (Å²) in [5.41, 5.74) is 8.52. The Labute approximate surface area is 77.2 Å².